The largest absolute Gasteiger partial charge is 0.469 e. The summed E-state index contributed by atoms with van der Waals surface area (Å²) in [7, 11) is -0.394. The minimum Gasteiger partial charge on any atom is -0.469 e. The summed E-state index contributed by atoms with van der Waals surface area (Å²) in [6.07, 6.45) is 17.1. The van der Waals surface area contributed by atoms with E-state index in [0.717, 1.165) is 38.5 Å². The number of allylic oxidation sites excluding steroid dienone is 2. The van der Waals surface area contributed by atoms with E-state index in [-0.39, 0.29) is 29.1 Å². The van der Waals surface area contributed by atoms with Crippen molar-refractivity contribution in [1.82, 2.24) is 0 Å². The van der Waals surface area contributed by atoms with Gasteiger partial charge in [0.25, 0.3) is 0 Å². The highest BCUT2D eigenvalue weighted by molar-refractivity contribution is 6.74. The maximum Gasteiger partial charge on any atom is 0.305 e. The number of aliphatic hydroxyl groups excluding tert-OH is 1. The molecule has 0 aromatic rings. The zero-order valence-electron chi connectivity index (χ0n) is 22.4. The third-order valence-electron chi connectivity index (χ3n) is 8.20. The molecule has 0 aliphatic heterocycles. The van der Waals surface area contributed by atoms with Crippen LogP contribution in [-0.2, 0) is 14.0 Å². The number of fused-ring (bicyclic) bond motifs is 1. The van der Waals surface area contributed by atoms with Crippen LogP contribution in [0.25, 0.3) is 0 Å². The van der Waals surface area contributed by atoms with Crippen LogP contribution < -0.4 is 0 Å². The van der Waals surface area contributed by atoms with Crippen LogP contribution in [0.3, 0.4) is 0 Å². The zero-order valence-corrected chi connectivity index (χ0v) is 23.4. The van der Waals surface area contributed by atoms with Gasteiger partial charge in [-0.3, -0.25) is 4.79 Å². The van der Waals surface area contributed by atoms with Crippen molar-refractivity contribution in [2.45, 2.75) is 122 Å². The van der Waals surface area contributed by atoms with Crippen molar-refractivity contribution >= 4 is 14.3 Å². The number of methoxy groups -OCH3 is 1. The second-order valence-electron chi connectivity index (χ2n) is 11.8. The maximum absolute atomic E-state index is 11.3. The van der Waals surface area contributed by atoms with E-state index in [1.54, 1.807) is 0 Å². The van der Waals surface area contributed by atoms with Gasteiger partial charge >= 0.3 is 5.97 Å². The van der Waals surface area contributed by atoms with Gasteiger partial charge in [-0.15, -0.1) is 0 Å². The predicted octanol–water partition coefficient (Wildman–Crippen LogP) is 7.19. The molecule has 0 aromatic heterocycles. The number of aliphatic hydroxyl groups is 1. The summed E-state index contributed by atoms with van der Waals surface area (Å²) in [5.41, 5.74) is 1.51. The molecule has 2 rings (SSSR count). The molecule has 1 N–H and O–H groups in total. The predicted molar refractivity (Wildman–Crippen MR) is 140 cm³/mol. The molecule has 0 heterocycles. The molecule has 0 bridgehead atoms. The Balaban J connectivity index is 1.97. The molecule has 0 saturated heterocycles. The molecule has 190 valence electrons. The highest BCUT2D eigenvalue weighted by Crippen LogP contribution is 2.48. The quantitative estimate of drug-likeness (QED) is 0.132. The van der Waals surface area contributed by atoms with Crippen molar-refractivity contribution in [2.24, 2.45) is 17.8 Å². The van der Waals surface area contributed by atoms with Gasteiger partial charge in [0, 0.05) is 12.3 Å². The van der Waals surface area contributed by atoms with Crippen molar-refractivity contribution in [2.75, 3.05) is 7.11 Å². The Kier molecular flexibility index (Phi) is 10.9. The number of hydrogen-bond donors (Lipinski definition) is 1. The third-order valence-corrected chi connectivity index (χ3v) is 12.7. The third kappa shape index (κ3) is 8.36. The number of carbonyl (C=O) groups is 1. The summed E-state index contributed by atoms with van der Waals surface area (Å²) in [5, 5.41) is 11.0. The monoisotopic (exact) mass is 478 g/mol. The number of ether oxygens (including phenoxy) is 1. The molecule has 2 aliphatic rings. The number of esters is 1. The Labute approximate surface area is 204 Å². The van der Waals surface area contributed by atoms with Crippen LogP contribution in [0.2, 0.25) is 18.1 Å². The van der Waals surface area contributed by atoms with Crippen LogP contribution in [0.5, 0.6) is 0 Å². The van der Waals surface area contributed by atoms with Crippen LogP contribution in [0, 0.1) is 17.8 Å². The molecule has 4 nitrogen and oxygen atoms in total. The Morgan fingerprint density at radius 3 is 2.61 bits per heavy atom. The summed E-state index contributed by atoms with van der Waals surface area (Å²) < 4.78 is 11.5. The lowest BCUT2D eigenvalue weighted by molar-refractivity contribution is -0.140. The lowest BCUT2D eigenvalue weighted by Gasteiger charge is -2.39. The fourth-order valence-corrected chi connectivity index (χ4v) is 6.42. The molecule has 0 spiro atoms. The molecular weight excluding hydrogens is 428 g/mol. The second kappa shape index (κ2) is 12.7. The average molecular weight is 479 g/mol. The zero-order chi connectivity index (χ0) is 24.6. The van der Waals surface area contributed by atoms with E-state index in [4.69, 9.17) is 9.16 Å². The summed E-state index contributed by atoms with van der Waals surface area (Å²) in [4.78, 5) is 11.3. The lowest BCUT2D eigenvalue weighted by atomic mass is 9.88. The van der Waals surface area contributed by atoms with E-state index >= 15 is 0 Å². The van der Waals surface area contributed by atoms with Crippen molar-refractivity contribution in [3.05, 3.63) is 23.8 Å². The molecule has 1 unspecified atom stereocenters. The van der Waals surface area contributed by atoms with Gasteiger partial charge in [0.05, 0.1) is 19.3 Å². The topological polar surface area (TPSA) is 55.8 Å². The second-order valence-corrected chi connectivity index (χ2v) is 16.6. The fourth-order valence-electron chi connectivity index (χ4n) is 5.11. The number of carbonyl (C=O) groups excluding carboxylic acids is 1. The number of rotatable bonds is 13. The van der Waals surface area contributed by atoms with Gasteiger partial charge in [0.2, 0.25) is 0 Å². The molecule has 1 fully saturated rings. The van der Waals surface area contributed by atoms with E-state index in [2.05, 4.69) is 59.0 Å². The summed E-state index contributed by atoms with van der Waals surface area (Å²) in [5.74, 6) is 1.10. The maximum atomic E-state index is 11.3. The normalized spacial score (nSPS) is 26.5. The minimum absolute atomic E-state index is 0.117. The first-order valence-corrected chi connectivity index (χ1v) is 16.2. The van der Waals surface area contributed by atoms with E-state index in [1.165, 1.54) is 31.9 Å². The van der Waals surface area contributed by atoms with Crippen molar-refractivity contribution in [1.29, 1.82) is 0 Å². The molecule has 5 heteroatoms. The number of unbranched alkanes of at least 4 members (excludes halogenated alkanes) is 3. The first kappa shape index (κ1) is 28.3. The molecule has 2 aliphatic carbocycles. The van der Waals surface area contributed by atoms with E-state index in [0.29, 0.717) is 18.3 Å². The van der Waals surface area contributed by atoms with Gasteiger partial charge in [0.1, 0.15) is 0 Å². The Morgan fingerprint density at radius 2 is 1.97 bits per heavy atom. The lowest BCUT2D eigenvalue weighted by Crippen LogP contribution is -2.43. The Bertz CT molecular complexity index is 676. The van der Waals surface area contributed by atoms with Gasteiger partial charge < -0.3 is 14.3 Å². The first-order chi connectivity index (χ1) is 15.5. The van der Waals surface area contributed by atoms with Crippen molar-refractivity contribution in [3.8, 4) is 0 Å². The van der Waals surface area contributed by atoms with Crippen LogP contribution in [0.1, 0.15) is 91.9 Å². The molecule has 33 heavy (non-hydrogen) atoms. The molecule has 1 saturated carbocycles. The van der Waals surface area contributed by atoms with Gasteiger partial charge in [-0.2, -0.15) is 0 Å². The molecular formula is C28H50O4Si. The molecule has 0 aromatic carbocycles. The van der Waals surface area contributed by atoms with E-state index < -0.39 is 8.32 Å². The Morgan fingerprint density at radius 1 is 1.24 bits per heavy atom. The van der Waals surface area contributed by atoms with Gasteiger partial charge in [-0.1, -0.05) is 70.8 Å². The van der Waals surface area contributed by atoms with E-state index in [1.807, 2.05) is 0 Å². The van der Waals surface area contributed by atoms with Crippen LogP contribution >= 0.6 is 0 Å². The minimum atomic E-state index is -1.85. The highest BCUT2D eigenvalue weighted by Gasteiger charge is 2.43. The summed E-state index contributed by atoms with van der Waals surface area (Å²) in [6.45, 7) is 13.8. The standard InChI is InChI=1S/C28H50O4Si/c1-8-9-10-14-23(32-33(6,7)28(2,3)4)16-17-24-25-19-21(18-22(25)20-26(24)29)13-11-12-15-27(30)31-5/h16-18,22-26,29H,8-15,19-20H2,1-7H3/t22-,23?,24+,25-,26+/m0/s1. The van der Waals surface area contributed by atoms with Gasteiger partial charge in [0.15, 0.2) is 8.32 Å². The van der Waals surface area contributed by atoms with Gasteiger partial charge in [-0.25, -0.2) is 0 Å². The van der Waals surface area contributed by atoms with E-state index in [9.17, 15) is 9.90 Å². The van der Waals surface area contributed by atoms with Crippen LogP contribution in [-0.4, -0.2) is 38.7 Å². The molecule has 5 atom stereocenters. The molecule has 0 radical (unpaired) electrons. The summed E-state index contributed by atoms with van der Waals surface area (Å²) >= 11 is 0. The Hall–Kier alpha value is -0.913. The van der Waals surface area contributed by atoms with Crippen molar-refractivity contribution in [3.63, 3.8) is 0 Å². The van der Waals surface area contributed by atoms with Gasteiger partial charge in [-0.05, 0) is 68.5 Å². The summed E-state index contributed by atoms with van der Waals surface area (Å²) in [6, 6.07) is 0. The SMILES string of the molecule is CCCCCC(C=C[C@@H]1[C@H]2CC(CCCCC(=O)OC)=C[C@H]2C[C@H]1O)O[Si](C)(C)C(C)(C)C. The first-order valence-electron chi connectivity index (χ1n) is 13.3. The molecule has 0 amide bonds. The van der Waals surface area contributed by atoms with Crippen LogP contribution in [0.4, 0.5) is 0 Å². The smallest absolute Gasteiger partial charge is 0.305 e. The highest BCUT2D eigenvalue weighted by atomic mass is 28.4. The fraction of sp³-hybridized carbons (Fsp3) is 0.821. The van der Waals surface area contributed by atoms with Crippen LogP contribution in [0.15, 0.2) is 23.8 Å². The number of hydrogen-bond acceptors (Lipinski definition) is 4. The van der Waals surface area contributed by atoms with Crippen molar-refractivity contribution < 1.29 is 19.1 Å². The average Bonchev–Trinajstić information content (AvgIpc) is 3.24.